The number of thioether (sulfide) groups is 1. The van der Waals surface area contributed by atoms with Gasteiger partial charge in [0.15, 0.2) is 0 Å². The fourth-order valence-electron chi connectivity index (χ4n) is 2.61. The molecule has 2 aromatic rings. The standard InChI is InChI=1S/C21H27N3O4S2/c1-16-5-11-19(12-6-16)29-14-13-22-20(25)15-24(30(4,27)28)18-9-7-17(8-10-18)21(26)23(2)3/h5-12H,13-15H2,1-4H3,(H,22,25). The number of sulfonamides is 1. The molecule has 0 aliphatic carbocycles. The van der Waals surface area contributed by atoms with Crippen LogP contribution in [0.5, 0.6) is 0 Å². The van der Waals surface area contributed by atoms with Crippen LogP contribution in [-0.2, 0) is 14.8 Å². The number of carbonyl (C=O) groups is 2. The van der Waals surface area contributed by atoms with Crippen LogP contribution in [0.4, 0.5) is 5.69 Å². The van der Waals surface area contributed by atoms with Gasteiger partial charge in [0.25, 0.3) is 5.91 Å². The van der Waals surface area contributed by atoms with Gasteiger partial charge in [-0.2, -0.15) is 0 Å². The number of benzene rings is 2. The molecule has 2 aromatic carbocycles. The zero-order chi connectivity index (χ0) is 22.3. The molecule has 0 saturated heterocycles. The SMILES string of the molecule is Cc1ccc(SCCNC(=O)CN(c2ccc(C(=O)N(C)C)cc2)S(C)(=O)=O)cc1. The summed E-state index contributed by atoms with van der Waals surface area (Å²) in [6.07, 6.45) is 1.05. The summed E-state index contributed by atoms with van der Waals surface area (Å²) in [5, 5.41) is 2.75. The lowest BCUT2D eigenvalue weighted by Gasteiger charge is -2.22. The lowest BCUT2D eigenvalue weighted by Crippen LogP contribution is -2.41. The van der Waals surface area contributed by atoms with Crippen molar-refractivity contribution in [3.05, 3.63) is 59.7 Å². The molecule has 0 fully saturated rings. The van der Waals surface area contributed by atoms with E-state index in [0.717, 1.165) is 15.5 Å². The molecule has 2 amide bonds. The molecule has 0 heterocycles. The third-order valence-electron chi connectivity index (χ3n) is 4.21. The number of aryl methyl sites for hydroxylation is 1. The Morgan fingerprint density at radius 1 is 1.00 bits per heavy atom. The molecule has 0 radical (unpaired) electrons. The van der Waals surface area contributed by atoms with Crippen LogP contribution in [-0.4, -0.2) is 64.3 Å². The van der Waals surface area contributed by atoms with E-state index in [4.69, 9.17) is 0 Å². The van der Waals surface area contributed by atoms with Crippen molar-refractivity contribution in [2.24, 2.45) is 0 Å². The Kier molecular flexibility index (Phi) is 8.31. The van der Waals surface area contributed by atoms with Gasteiger partial charge >= 0.3 is 0 Å². The first-order valence-corrected chi connectivity index (χ1v) is 12.2. The first-order chi connectivity index (χ1) is 14.1. The van der Waals surface area contributed by atoms with Crippen molar-refractivity contribution in [1.82, 2.24) is 10.2 Å². The lowest BCUT2D eigenvalue weighted by atomic mass is 10.2. The highest BCUT2D eigenvalue weighted by molar-refractivity contribution is 7.99. The van der Waals surface area contributed by atoms with Gasteiger partial charge in [-0.05, 0) is 43.3 Å². The van der Waals surface area contributed by atoms with Gasteiger partial charge in [-0.3, -0.25) is 13.9 Å². The van der Waals surface area contributed by atoms with Gasteiger partial charge < -0.3 is 10.2 Å². The molecule has 0 atom stereocenters. The Hall–Kier alpha value is -2.52. The molecular formula is C21H27N3O4S2. The predicted octanol–water partition coefficient (Wildman–Crippen LogP) is 2.37. The van der Waals surface area contributed by atoms with Crippen LogP contribution in [0.2, 0.25) is 0 Å². The average Bonchev–Trinajstić information content (AvgIpc) is 2.69. The van der Waals surface area contributed by atoms with Gasteiger partial charge in [-0.25, -0.2) is 8.42 Å². The van der Waals surface area contributed by atoms with Gasteiger partial charge in [-0.1, -0.05) is 17.7 Å². The maximum Gasteiger partial charge on any atom is 0.253 e. The number of anilines is 1. The number of nitrogens with zero attached hydrogens (tertiary/aromatic N) is 2. The molecule has 9 heteroatoms. The van der Waals surface area contributed by atoms with E-state index in [1.165, 1.54) is 22.6 Å². The van der Waals surface area contributed by atoms with Crippen LogP contribution in [0, 0.1) is 6.92 Å². The maximum atomic E-state index is 12.3. The quantitative estimate of drug-likeness (QED) is 0.469. The van der Waals surface area contributed by atoms with Gasteiger partial charge in [0.2, 0.25) is 15.9 Å². The van der Waals surface area contributed by atoms with Crippen molar-refractivity contribution in [2.45, 2.75) is 11.8 Å². The Bertz CT molecular complexity index is 972. The molecule has 0 spiro atoms. The van der Waals surface area contributed by atoms with Gasteiger partial charge in [0.1, 0.15) is 6.54 Å². The summed E-state index contributed by atoms with van der Waals surface area (Å²) in [5.74, 6) is 0.101. The van der Waals surface area contributed by atoms with E-state index >= 15 is 0 Å². The summed E-state index contributed by atoms with van der Waals surface area (Å²) >= 11 is 1.62. The van der Waals surface area contributed by atoms with Crippen LogP contribution < -0.4 is 9.62 Å². The second-order valence-corrected chi connectivity index (χ2v) is 10.1. The zero-order valence-electron chi connectivity index (χ0n) is 17.6. The second kappa shape index (κ2) is 10.5. The van der Waals surface area contributed by atoms with Crippen molar-refractivity contribution in [3.63, 3.8) is 0 Å². The van der Waals surface area contributed by atoms with Crippen molar-refractivity contribution in [1.29, 1.82) is 0 Å². The van der Waals surface area contributed by atoms with Crippen LogP contribution in [0.3, 0.4) is 0 Å². The van der Waals surface area contributed by atoms with Crippen molar-refractivity contribution < 1.29 is 18.0 Å². The maximum absolute atomic E-state index is 12.3. The Balaban J connectivity index is 1.95. The summed E-state index contributed by atoms with van der Waals surface area (Å²) in [5.41, 5.74) is 1.96. The van der Waals surface area contributed by atoms with Crippen LogP contribution in [0.1, 0.15) is 15.9 Å². The molecule has 162 valence electrons. The number of rotatable bonds is 9. The fraction of sp³-hybridized carbons (Fsp3) is 0.333. The Morgan fingerprint density at radius 2 is 1.60 bits per heavy atom. The van der Waals surface area contributed by atoms with E-state index in [1.807, 2.05) is 31.2 Å². The van der Waals surface area contributed by atoms with Crippen molar-refractivity contribution >= 4 is 39.3 Å². The molecule has 7 nitrogen and oxygen atoms in total. The number of amides is 2. The number of carbonyl (C=O) groups excluding carboxylic acids is 2. The van der Waals surface area contributed by atoms with E-state index in [0.29, 0.717) is 23.5 Å². The molecule has 0 saturated carbocycles. The summed E-state index contributed by atoms with van der Waals surface area (Å²) < 4.78 is 25.4. The smallest absolute Gasteiger partial charge is 0.253 e. The average molecular weight is 450 g/mol. The minimum absolute atomic E-state index is 0.184. The molecule has 30 heavy (non-hydrogen) atoms. The highest BCUT2D eigenvalue weighted by atomic mass is 32.2. The minimum Gasteiger partial charge on any atom is -0.354 e. The largest absolute Gasteiger partial charge is 0.354 e. The second-order valence-electron chi connectivity index (χ2n) is 7.03. The highest BCUT2D eigenvalue weighted by Crippen LogP contribution is 2.19. The van der Waals surface area contributed by atoms with Gasteiger partial charge in [-0.15, -0.1) is 11.8 Å². The van der Waals surface area contributed by atoms with Crippen LogP contribution in [0.25, 0.3) is 0 Å². The summed E-state index contributed by atoms with van der Waals surface area (Å²) in [6.45, 7) is 2.12. The third-order valence-corrected chi connectivity index (χ3v) is 6.36. The monoisotopic (exact) mass is 449 g/mol. The van der Waals surface area contributed by atoms with E-state index in [1.54, 1.807) is 38.0 Å². The first kappa shape index (κ1) is 23.8. The molecule has 0 unspecified atom stereocenters. The zero-order valence-corrected chi connectivity index (χ0v) is 19.2. The van der Waals surface area contributed by atoms with Gasteiger partial charge in [0.05, 0.1) is 11.9 Å². The molecule has 1 N–H and O–H groups in total. The topological polar surface area (TPSA) is 86.8 Å². The minimum atomic E-state index is -3.67. The van der Waals surface area contributed by atoms with E-state index < -0.39 is 15.9 Å². The lowest BCUT2D eigenvalue weighted by molar-refractivity contribution is -0.119. The fourth-order valence-corrected chi connectivity index (χ4v) is 4.23. The summed E-state index contributed by atoms with van der Waals surface area (Å²) in [6, 6.07) is 14.3. The first-order valence-electron chi connectivity index (χ1n) is 9.33. The molecular weight excluding hydrogens is 422 g/mol. The van der Waals surface area contributed by atoms with Crippen LogP contribution >= 0.6 is 11.8 Å². The van der Waals surface area contributed by atoms with E-state index in [9.17, 15) is 18.0 Å². The van der Waals surface area contributed by atoms with E-state index in [-0.39, 0.29) is 12.5 Å². The molecule has 0 aliphatic heterocycles. The van der Waals surface area contributed by atoms with Crippen molar-refractivity contribution in [3.8, 4) is 0 Å². The van der Waals surface area contributed by atoms with Gasteiger partial charge in [0, 0.05) is 36.9 Å². The summed E-state index contributed by atoms with van der Waals surface area (Å²) in [7, 11) is -0.389. The molecule has 2 rings (SSSR count). The number of hydrogen-bond donors (Lipinski definition) is 1. The Labute approximate surface area is 182 Å². The third kappa shape index (κ3) is 7.07. The Morgan fingerprint density at radius 3 is 2.13 bits per heavy atom. The highest BCUT2D eigenvalue weighted by Gasteiger charge is 2.21. The number of nitrogens with one attached hydrogen (secondary N) is 1. The van der Waals surface area contributed by atoms with E-state index in [2.05, 4.69) is 5.32 Å². The molecule has 0 aliphatic rings. The normalized spacial score (nSPS) is 11.1. The summed E-state index contributed by atoms with van der Waals surface area (Å²) in [4.78, 5) is 26.8. The predicted molar refractivity (Wildman–Crippen MR) is 122 cm³/mol. The van der Waals surface area contributed by atoms with Crippen molar-refractivity contribution in [2.75, 3.05) is 43.5 Å². The molecule has 0 bridgehead atoms. The molecule has 0 aromatic heterocycles. The van der Waals surface area contributed by atoms with Crippen LogP contribution in [0.15, 0.2) is 53.4 Å². The number of hydrogen-bond acceptors (Lipinski definition) is 5.